The largest absolute Gasteiger partial charge is 0.312 e. The number of hydrogen-bond acceptors (Lipinski definition) is 2. The van der Waals surface area contributed by atoms with Crippen LogP contribution in [0.25, 0.3) is 0 Å². The maximum absolute atomic E-state index is 4.60. The number of nitrogens with one attached hydrogen (secondary N) is 1. The average Bonchev–Trinajstić information content (AvgIpc) is 2.65. The standard InChI is InChI=1S/C14H24BrN3/c1-10(9-16-13-7-5-4-6-8-13)18-12(3)14(15)11(2)17-18/h10,13,16H,4-9H2,1-3H3. The average molecular weight is 314 g/mol. The summed E-state index contributed by atoms with van der Waals surface area (Å²) in [6.07, 6.45) is 6.87. The van der Waals surface area contributed by atoms with Crippen LogP contribution in [0.1, 0.15) is 56.5 Å². The third-order valence-electron chi connectivity index (χ3n) is 3.96. The van der Waals surface area contributed by atoms with E-state index in [0.717, 1.165) is 22.8 Å². The lowest BCUT2D eigenvalue weighted by atomic mass is 9.95. The van der Waals surface area contributed by atoms with E-state index < -0.39 is 0 Å². The van der Waals surface area contributed by atoms with E-state index in [-0.39, 0.29) is 0 Å². The molecule has 102 valence electrons. The Hall–Kier alpha value is -0.350. The smallest absolute Gasteiger partial charge is 0.0738 e. The zero-order valence-electron chi connectivity index (χ0n) is 11.7. The number of nitrogens with zero attached hydrogens (tertiary/aromatic N) is 2. The van der Waals surface area contributed by atoms with Crippen LogP contribution in [0.15, 0.2) is 4.47 Å². The minimum atomic E-state index is 0.414. The second-order valence-electron chi connectivity index (χ2n) is 5.52. The zero-order valence-corrected chi connectivity index (χ0v) is 13.3. The summed E-state index contributed by atoms with van der Waals surface area (Å²) in [7, 11) is 0. The summed E-state index contributed by atoms with van der Waals surface area (Å²) in [5.41, 5.74) is 2.31. The van der Waals surface area contributed by atoms with Gasteiger partial charge in [0.15, 0.2) is 0 Å². The van der Waals surface area contributed by atoms with Gasteiger partial charge in [-0.3, -0.25) is 4.68 Å². The van der Waals surface area contributed by atoms with Crippen molar-refractivity contribution in [2.75, 3.05) is 6.54 Å². The molecule has 0 amide bonds. The predicted octanol–water partition coefficient (Wildman–Crippen LogP) is 3.75. The molecule has 0 radical (unpaired) electrons. The fourth-order valence-electron chi connectivity index (χ4n) is 2.80. The molecule has 0 saturated heterocycles. The summed E-state index contributed by atoms with van der Waals surface area (Å²) >= 11 is 3.59. The van der Waals surface area contributed by atoms with E-state index >= 15 is 0 Å². The topological polar surface area (TPSA) is 29.9 Å². The van der Waals surface area contributed by atoms with Gasteiger partial charge in [-0.1, -0.05) is 19.3 Å². The van der Waals surface area contributed by atoms with Crippen molar-refractivity contribution < 1.29 is 0 Å². The van der Waals surface area contributed by atoms with Gasteiger partial charge in [0.2, 0.25) is 0 Å². The molecule has 2 rings (SSSR count). The van der Waals surface area contributed by atoms with E-state index in [2.05, 4.69) is 51.8 Å². The van der Waals surface area contributed by atoms with E-state index in [1.807, 2.05) is 0 Å². The van der Waals surface area contributed by atoms with Crippen LogP contribution in [0.2, 0.25) is 0 Å². The second kappa shape index (κ2) is 6.20. The van der Waals surface area contributed by atoms with Crippen molar-refractivity contribution in [3.63, 3.8) is 0 Å². The molecule has 1 N–H and O–H groups in total. The number of rotatable bonds is 4. The molecule has 1 aliphatic rings. The molecule has 1 saturated carbocycles. The molecular formula is C14H24BrN3. The summed E-state index contributed by atoms with van der Waals surface area (Å²) in [4.78, 5) is 0. The zero-order chi connectivity index (χ0) is 13.1. The molecule has 1 aromatic rings. The molecule has 1 fully saturated rings. The summed E-state index contributed by atoms with van der Waals surface area (Å²) in [5, 5.41) is 8.30. The van der Waals surface area contributed by atoms with Gasteiger partial charge < -0.3 is 5.32 Å². The van der Waals surface area contributed by atoms with Crippen molar-refractivity contribution in [2.45, 2.75) is 65.0 Å². The van der Waals surface area contributed by atoms with Gasteiger partial charge in [-0.25, -0.2) is 0 Å². The van der Waals surface area contributed by atoms with E-state index in [1.54, 1.807) is 0 Å². The first kappa shape index (κ1) is 14.1. The Bertz CT molecular complexity index is 394. The molecule has 1 heterocycles. The first-order valence-electron chi connectivity index (χ1n) is 7.04. The molecule has 0 bridgehead atoms. The third kappa shape index (κ3) is 3.15. The minimum Gasteiger partial charge on any atom is -0.312 e. The van der Waals surface area contributed by atoms with Crippen molar-refractivity contribution in [3.8, 4) is 0 Å². The van der Waals surface area contributed by atoms with Gasteiger partial charge in [-0.05, 0) is 49.5 Å². The summed E-state index contributed by atoms with van der Waals surface area (Å²) in [6.45, 7) is 7.43. The molecule has 4 heteroatoms. The van der Waals surface area contributed by atoms with Crippen LogP contribution in [0.3, 0.4) is 0 Å². The normalized spacial score (nSPS) is 19.1. The maximum Gasteiger partial charge on any atom is 0.0738 e. The lowest BCUT2D eigenvalue weighted by molar-refractivity contribution is 0.341. The van der Waals surface area contributed by atoms with Crippen LogP contribution in [0.4, 0.5) is 0 Å². The van der Waals surface area contributed by atoms with Gasteiger partial charge in [0.05, 0.1) is 21.9 Å². The Morgan fingerprint density at radius 3 is 2.56 bits per heavy atom. The fourth-order valence-corrected chi connectivity index (χ4v) is 3.06. The molecule has 1 atom stereocenters. The van der Waals surface area contributed by atoms with Gasteiger partial charge in [0, 0.05) is 12.6 Å². The highest BCUT2D eigenvalue weighted by molar-refractivity contribution is 9.10. The highest BCUT2D eigenvalue weighted by Crippen LogP contribution is 2.23. The molecule has 3 nitrogen and oxygen atoms in total. The number of aromatic nitrogens is 2. The maximum atomic E-state index is 4.60. The van der Waals surface area contributed by atoms with E-state index in [1.165, 1.54) is 37.8 Å². The first-order valence-corrected chi connectivity index (χ1v) is 7.83. The van der Waals surface area contributed by atoms with Crippen LogP contribution in [-0.4, -0.2) is 22.4 Å². The first-order chi connectivity index (χ1) is 8.59. The van der Waals surface area contributed by atoms with Gasteiger partial charge in [-0.15, -0.1) is 0 Å². The van der Waals surface area contributed by atoms with E-state index in [4.69, 9.17) is 0 Å². The Morgan fingerprint density at radius 2 is 2.00 bits per heavy atom. The third-order valence-corrected chi connectivity index (χ3v) is 5.11. The van der Waals surface area contributed by atoms with Gasteiger partial charge >= 0.3 is 0 Å². The Kier molecular flexibility index (Phi) is 4.84. The van der Waals surface area contributed by atoms with Crippen LogP contribution in [0, 0.1) is 13.8 Å². The van der Waals surface area contributed by atoms with Crippen LogP contribution in [0.5, 0.6) is 0 Å². The van der Waals surface area contributed by atoms with Crippen LogP contribution >= 0.6 is 15.9 Å². The minimum absolute atomic E-state index is 0.414. The molecule has 0 spiro atoms. The highest BCUT2D eigenvalue weighted by atomic mass is 79.9. The summed E-state index contributed by atoms with van der Waals surface area (Å²) in [6, 6.07) is 1.14. The fraction of sp³-hybridized carbons (Fsp3) is 0.786. The Labute approximate surface area is 118 Å². The van der Waals surface area contributed by atoms with Crippen molar-refractivity contribution in [1.82, 2.24) is 15.1 Å². The number of halogens is 1. The molecule has 0 aromatic carbocycles. The van der Waals surface area contributed by atoms with Gasteiger partial charge in [0.25, 0.3) is 0 Å². The highest BCUT2D eigenvalue weighted by Gasteiger charge is 2.17. The van der Waals surface area contributed by atoms with Crippen LogP contribution < -0.4 is 5.32 Å². The Morgan fingerprint density at radius 1 is 1.33 bits per heavy atom. The molecule has 1 unspecified atom stereocenters. The van der Waals surface area contributed by atoms with Gasteiger partial charge in [0.1, 0.15) is 0 Å². The lowest BCUT2D eigenvalue weighted by Crippen LogP contribution is -2.35. The van der Waals surface area contributed by atoms with E-state index in [0.29, 0.717) is 6.04 Å². The monoisotopic (exact) mass is 313 g/mol. The molecule has 1 aromatic heterocycles. The van der Waals surface area contributed by atoms with Gasteiger partial charge in [-0.2, -0.15) is 5.10 Å². The summed E-state index contributed by atoms with van der Waals surface area (Å²) < 4.78 is 3.28. The quantitative estimate of drug-likeness (QED) is 0.917. The number of aryl methyl sites for hydroxylation is 1. The van der Waals surface area contributed by atoms with Crippen LogP contribution in [-0.2, 0) is 0 Å². The van der Waals surface area contributed by atoms with Crippen molar-refractivity contribution >= 4 is 15.9 Å². The molecular weight excluding hydrogens is 290 g/mol. The second-order valence-corrected chi connectivity index (χ2v) is 6.31. The summed E-state index contributed by atoms with van der Waals surface area (Å²) in [5.74, 6) is 0. The van der Waals surface area contributed by atoms with Crippen molar-refractivity contribution in [3.05, 3.63) is 15.9 Å². The SMILES string of the molecule is Cc1nn(C(C)CNC2CCCCC2)c(C)c1Br. The lowest BCUT2D eigenvalue weighted by Gasteiger charge is -2.25. The Balaban J connectivity index is 1.90. The van der Waals surface area contributed by atoms with E-state index in [9.17, 15) is 0 Å². The number of hydrogen-bond donors (Lipinski definition) is 1. The predicted molar refractivity (Wildman–Crippen MR) is 79.0 cm³/mol. The van der Waals surface area contributed by atoms with Crippen molar-refractivity contribution in [1.29, 1.82) is 0 Å². The molecule has 1 aliphatic carbocycles. The molecule has 18 heavy (non-hydrogen) atoms. The van der Waals surface area contributed by atoms with Crippen molar-refractivity contribution in [2.24, 2.45) is 0 Å². The molecule has 0 aliphatic heterocycles.